The molecule has 0 saturated heterocycles. The second kappa shape index (κ2) is 9.19. The van der Waals surface area contributed by atoms with Gasteiger partial charge in [-0.1, -0.05) is 18.2 Å². The van der Waals surface area contributed by atoms with Crippen LogP contribution in [-0.2, 0) is 14.3 Å². The van der Waals surface area contributed by atoms with Gasteiger partial charge in [0.15, 0.2) is 23.9 Å². The van der Waals surface area contributed by atoms with E-state index in [1.165, 1.54) is 26.2 Å². The molecular formula is C20H19NO6. The Labute approximate surface area is 156 Å². The maximum Gasteiger partial charge on any atom is 0.331 e. The van der Waals surface area contributed by atoms with E-state index in [0.717, 1.165) is 6.08 Å². The third kappa shape index (κ3) is 6.00. The van der Waals surface area contributed by atoms with E-state index in [1.54, 1.807) is 36.4 Å². The lowest BCUT2D eigenvalue weighted by Crippen LogP contribution is -2.20. The van der Waals surface area contributed by atoms with Crippen LogP contribution in [-0.4, -0.2) is 36.5 Å². The van der Waals surface area contributed by atoms with Crippen molar-refractivity contribution in [3.8, 4) is 11.5 Å². The number of aromatic hydroxyl groups is 1. The van der Waals surface area contributed by atoms with Crippen LogP contribution < -0.4 is 10.1 Å². The number of phenols is 1. The number of ketones is 1. The summed E-state index contributed by atoms with van der Waals surface area (Å²) in [5, 5.41) is 12.1. The Balaban J connectivity index is 1.87. The molecule has 0 atom stereocenters. The third-order valence-corrected chi connectivity index (χ3v) is 3.51. The standard InChI is InChI=1S/C20H19NO6/c1-13(22)15-4-3-5-16(11-15)21-19(24)12-27-20(25)9-7-14-6-8-17(23)18(10-14)26-2/h3-11,23H,12H2,1-2H3,(H,21,24)/b9-7+. The first-order chi connectivity index (χ1) is 12.9. The Hall–Kier alpha value is -3.61. The zero-order valence-electron chi connectivity index (χ0n) is 14.9. The summed E-state index contributed by atoms with van der Waals surface area (Å²) in [5.41, 5.74) is 1.53. The number of rotatable bonds is 7. The van der Waals surface area contributed by atoms with E-state index in [2.05, 4.69) is 5.32 Å². The highest BCUT2D eigenvalue weighted by Crippen LogP contribution is 2.26. The van der Waals surface area contributed by atoms with Crippen LogP contribution in [0.25, 0.3) is 6.08 Å². The Morgan fingerprint density at radius 2 is 1.93 bits per heavy atom. The summed E-state index contributed by atoms with van der Waals surface area (Å²) >= 11 is 0. The van der Waals surface area contributed by atoms with Gasteiger partial charge >= 0.3 is 5.97 Å². The number of methoxy groups -OCH3 is 1. The monoisotopic (exact) mass is 369 g/mol. The lowest BCUT2D eigenvalue weighted by Gasteiger charge is -2.06. The van der Waals surface area contributed by atoms with Gasteiger partial charge in [0.1, 0.15) is 0 Å². The molecule has 2 N–H and O–H groups in total. The molecule has 0 aromatic heterocycles. The number of Topliss-reactive ketones (excluding diaryl/α,β-unsaturated/α-hetero) is 1. The number of hydrogen-bond acceptors (Lipinski definition) is 6. The molecule has 7 heteroatoms. The largest absolute Gasteiger partial charge is 0.504 e. The number of phenolic OH excluding ortho intramolecular Hbond substituents is 1. The number of amides is 1. The van der Waals surface area contributed by atoms with Gasteiger partial charge in [-0.3, -0.25) is 9.59 Å². The summed E-state index contributed by atoms with van der Waals surface area (Å²) in [6, 6.07) is 11.0. The van der Waals surface area contributed by atoms with E-state index in [-0.39, 0.29) is 17.3 Å². The van der Waals surface area contributed by atoms with E-state index in [0.29, 0.717) is 16.8 Å². The molecule has 0 saturated carbocycles. The first-order valence-corrected chi connectivity index (χ1v) is 8.01. The number of carbonyl (C=O) groups excluding carboxylic acids is 3. The Morgan fingerprint density at radius 1 is 1.15 bits per heavy atom. The van der Waals surface area contributed by atoms with Gasteiger partial charge in [0, 0.05) is 17.3 Å². The van der Waals surface area contributed by atoms with Crippen molar-refractivity contribution >= 4 is 29.4 Å². The second-order valence-corrected chi connectivity index (χ2v) is 5.56. The van der Waals surface area contributed by atoms with Gasteiger partial charge in [0.25, 0.3) is 5.91 Å². The predicted octanol–water partition coefficient (Wildman–Crippen LogP) is 2.80. The predicted molar refractivity (Wildman–Crippen MR) is 99.7 cm³/mol. The Morgan fingerprint density at radius 3 is 2.63 bits per heavy atom. The highest BCUT2D eigenvalue weighted by Gasteiger charge is 2.07. The van der Waals surface area contributed by atoms with Crippen molar-refractivity contribution in [2.75, 3.05) is 19.0 Å². The van der Waals surface area contributed by atoms with Crippen molar-refractivity contribution in [2.24, 2.45) is 0 Å². The minimum Gasteiger partial charge on any atom is -0.504 e. The van der Waals surface area contributed by atoms with E-state index in [1.807, 2.05) is 0 Å². The zero-order chi connectivity index (χ0) is 19.8. The Kier molecular flexibility index (Phi) is 6.71. The van der Waals surface area contributed by atoms with Gasteiger partial charge in [0.2, 0.25) is 0 Å². The number of benzene rings is 2. The number of ether oxygens (including phenoxy) is 2. The summed E-state index contributed by atoms with van der Waals surface area (Å²) in [5.74, 6) is -1.08. The van der Waals surface area contributed by atoms with Crippen molar-refractivity contribution in [3.63, 3.8) is 0 Å². The van der Waals surface area contributed by atoms with Crippen molar-refractivity contribution in [1.29, 1.82) is 0 Å². The highest BCUT2D eigenvalue weighted by molar-refractivity contribution is 5.98. The lowest BCUT2D eigenvalue weighted by molar-refractivity contribution is -0.142. The number of esters is 1. The molecule has 0 unspecified atom stereocenters. The highest BCUT2D eigenvalue weighted by atomic mass is 16.5. The van der Waals surface area contributed by atoms with E-state index in [4.69, 9.17) is 9.47 Å². The van der Waals surface area contributed by atoms with Crippen LogP contribution in [0.3, 0.4) is 0 Å². The molecule has 7 nitrogen and oxygen atoms in total. The van der Waals surface area contributed by atoms with Gasteiger partial charge < -0.3 is 19.9 Å². The first-order valence-electron chi connectivity index (χ1n) is 8.01. The molecule has 0 heterocycles. The molecule has 27 heavy (non-hydrogen) atoms. The molecule has 2 aromatic carbocycles. The number of carbonyl (C=O) groups is 3. The zero-order valence-corrected chi connectivity index (χ0v) is 14.9. The van der Waals surface area contributed by atoms with Gasteiger partial charge in [-0.2, -0.15) is 0 Å². The molecule has 0 aliphatic heterocycles. The van der Waals surface area contributed by atoms with Gasteiger partial charge in [-0.05, 0) is 42.8 Å². The smallest absolute Gasteiger partial charge is 0.331 e. The van der Waals surface area contributed by atoms with Crippen LogP contribution in [0.4, 0.5) is 5.69 Å². The van der Waals surface area contributed by atoms with Crippen molar-refractivity contribution in [2.45, 2.75) is 6.92 Å². The average molecular weight is 369 g/mol. The summed E-state index contributed by atoms with van der Waals surface area (Å²) in [6.07, 6.45) is 2.63. The van der Waals surface area contributed by atoms with Gasteiger partial charge in [0.05, 0.1) is 7.11 Å². The third-order valence-electron chi connectivity index (χ3n) is 3.51. The molecule has 0 aliphatic carbocycles. The maximum absolute atomic E-state index is 11.9. The minimum absolute atomic E-state index is 0.0114. The summed E-state index contributed by atoms with van der Waals surface area (Å²) in [4.78, 5) is 34.9. The van der Waals surface area contributed by atoms with E-state index in [9.17, 15) is 19.5 Å². The van der Waals surface area contributed by atoms with Crippen LogP contribution in [0.2, 0.25) is 0 Å². The van der Waals surface area contributed by atoms with Crippen molar-refractivity contribution in [3.05, 3.63) is 59.7 Å². The molecule has 0 radical (unpaired) electrons. The fourth-order valence-corrected chi connectivity index (χ4v) is 2.16. The summed E-state index contributed by atoms with van der Waals surface area (Å²) in [7, 11) is 1.42. The van der Waals surface area contributed by atoms with Crippen LogP contribution >= 0.6 is 0 Å². The Bertz CT molecular complexity index is 888. The molecule has 2 aromatic rings. The molecule has 2 rings (SSSR count). The molecule has 1 amide bonds. The van der Waals surface area contributed by atoms with Gasteiger partial charge in [-0.15, -0.1) is 0 Å². The van der Waals surface area contributed by atoms with Crippen LogP contribution in [0.1, 0.15) is 22.8 Å². The number of hydrogen-bond donors (Lipinski definition) is 2. The van der Waals surface area contributed by atoms with Gasteiger partial charge in [-0.25, -0.2) is 4.79 Å². The van der Waals surface area contributed by atoms with Crippen molar-refractivity contribution < 1.29 is 29.0 Å². The minimum atomic E-state index is -0.699. The molecule has 0 spiro atoms. The van der Waals surface area contributed by atoms with E-state index >= 15 is 0 Å². The quantitative estimate of drug-likeness (QED) is 0.442. The van der Waals surface area contributed by atoms with Crippen molar-refractivity contribution in [1.82, 2.24) is 0 Å². The SMILES string of the molecule is COc1cc(/C=C/C(=O)OCC(=O)Nc2cccc(C(C)=O)c2)ccc1O. The first kappa shape index (κ1) is 19.7. The lowest BCUT2D eigenvalue weighted by atomic mass is 10.1. The molecule has 0 fully saturated rings. The molecule has 0 aliphatic rings. The fourth-order valence-electron chi connectivity index (χ4n) is 2.16. The number of nitrogens with one attached hydrogen (secondary N) is 1. The molecule has 0 bridgehead atoms. The summed E-state index contributed by atoms with van der Waals surface area (Å²) < 4.78 is 9.85. The van der Waals surface area contributed by atoms with Crippen LogP contribution in [0.15, 0.2) is 48.5 Å². The van der Waals surface area contributed by atoms with E-state index < -0.39 is 18.5 Å². The molecular weight excluding hydrogens is 350 g/mol. The topological polar surface area (TPSA) is 102 Å². The summed E-state index contributed by atoms with van der Waals surface area (Å²) in [6.45, 7) is 0.963. The fraction of sp³-hybridized carbons (Fsp3) is 0.150. The average Bonchev–Trinajstić information content (AvgIpc) is 2.65. The second-order valence-electron chi connectivity index (χ2n) is 5.56. The molecule has 140 valence electrons. The van der Waals surface area contributed by atoms with Crippen LogP contribution in [0, 0.1) is 0 Å². The van der Waals surface area contributed by atoms with Crippen LogP contribution in [0.5, 0.6) is 11.5 Å². The normalized spacial score (nSPS) is 10.4. The number of anilines is 1. The maximum atomic E-state index is 11.9.